The molecule has 4 heteroatoms. The van der Waals surface area contributed by atoms with Gasteiger partial charge in [0.1, 0.15) is 11.4 Å². The highest BCUT2D eigenvalue weighted by Gasteiger charge is 2.23. The molecule has 1 aromatic heterocycles. The average Bonchev–Trinajstić information content (AvgIpc) is 1.83. The first-order valence-corrected chi connectivity index (χ1v) is 3.83. The zero-order valence-corrected chi connectivity index (χ0v) is 7.56. The molecule has 0 aliphatic heterocycles. The van der Waals surface area contributed by atoms with Crippen molar-refractivity contribution in [3.8, 4) is 5.75 Å². The highest BCUT2D eigenvalue weighted by Crippen LogP contribution is 2.30. The molecule has 1 N–H and O–H groups in total. The summed E-state index contributed by atoms with van der Waals surface area (Å²) >= 11 is 5.65. The van der Waals surface area contributed by atoms with Crippen LogP contribution in [0.2, 0.25) is 5.02 Å². The molecule has 0 saturated carbocycles. The molecule has 0 atom stereocenters. The summed E-state index contributed by atoms with van der Waals surface area (Å²) in [5, 5.41) is 9.08. The molecule has 0 amide bonds. The quantitative estimate of drug-likeness (QED) is 0.737. The summed E-state index contributed by atoms with van der Waals surface area (Å²) in [6, 6.07) is 1.27. The highest BCUT2D eigenvalue weighted by atomic mass is 35.5. The van der Waals surface area contributed by atoms with E-state index in [0.29, 0.717) is 0 Å². The molecule has 2 nitrogen and oxygen atoms in total. The molecule has 0 bridgehead atoms. The van der Waals surface area contributed by atoms with Gasteiger partial charge in [-0.25, -0.2) is 4.39 Å². The minimum atomic E-state index is -1.58. The lowest BCUT2D eigenvalue weighted by atomic mass is 10.1. The zero-order chi connectivity index (χ0) is 9.35. The fourth-order valence-electron chi connectivity index (χ4n) is 0.865. The third kappa shape index (κ3) is 1.85. The predicted octanol–water partition coefficient (Wildman–Crippen LogP) is 2.65. The van der Waals surface area contributed by atoms with Crippen molar-refractivity contribution in [1.29, 1.82) is 0 Å². The van der Waals surface area contributed by atoms with Gasteiger partial charge in [-0.3, -0.25) is 4.98 Å². The third-order valence-corrected chi connectivity index (χ3v) is 1.68. The third-order valence-electron chi connectivity index (χ3n) is 1.39. The fourth-order valence-corrected chi connectivity index (χ4v) is 1.25. The summed E-state index contributed by atoms with van der Waals surface area (Å²) in [6.07, 6.45) is 1.17. The van der Waals surface area contributed by atoms with Gasteiger partial charge in [0.05, 0.1) is 16.9 Å². The van der Waals surface area contributed by atoms with Crippen LogP contribution in [0.4, 0.5) is 4.39 Å². The molecule has 66 valence electrons. The summed E-state index contributed by atoms with van der Waals surface area (Å²) < 4.78 is 13.3. The van der Waals surface area contributed by atoms with Crippen LogP contribution in [0.25, 0.3) is 0 Å². The summed E-state index contributed by atoms with van der Waals surface area (Å²) in [5.74, 6) is -0.0620. The van der Waals surface area contributed by atoms with Crippen LogP contribution in [-0.2, 0) is 5.67 Å². The van der Waals surface area contributed by atoms with Gasteiger partial charge in [0.25, 0.3) is 0 Å². The van der Waals surface area contributed by atoms with Crippen molar-refractivity contribution in [1.82, 2.24) is 4.98 Å². The maximum Gasteiger partial charge on any atom is 0.148 e. The Morgan fingerprint density at radius 1 is 1.58 bits per heavy atom. The second-order valence-corrected chi connectivity index (χ2v) is 3.40. The Kier molecular flexibility index (Phi) is 2.24. The van der Waals surface area contributed by atoms with Gasteiger partial charge in [0.2, 0.25) is 0 Å². The number of nitrogens with zero attached hydrogens (tertiary/aromatic N) is 1. The molecule has 0 aliphatic carbocycles. The van der Waals surface area contributed by atoms with Crippen LogP contribution < -0.4 is 0 Å². The highest BCUT2D eigenvalue weighted by molar-refractivity contribution is 6.31. The monoisotopic (exact) mass is 189 g/mol. The van der Waals surface area contributed by atoms with Gasteiger partial charge < -0.3 is 5.11 Å². The Morgan fingerprint density at radius 3 is 2.58 bits per heavy atom. The number of halogens is 2. The SMILES string of the molecule is CC(C)(F)c1ncc(O)cc1Cl. The topological polar surface area (TPSA) is 33.1 Å². The van der Waals surface area contributed by atoms with E-state index in [4.69, 9.17) is 16.7 Å². The fraction of sp³-hybridized carbons (Fsp3) is 0.375. The molecule has 1 rings (SSSR count). The van der Waals surface area contributed by atoms with Crippen molar-refractivity contribution >= 4 is 11.6 Å². The molecule has 1 heterocycles. The molecular formula is C8H9ClFNO. The van der Waals surface area contributed by atoms with Crippen LogP contribution in [0.5, 0.6) is 5.75 Å². The molecule has 0 aromatic carbocycles. The summed E-state index contributed by atoms with van der Waals surface area (Å²) in [7, 11) is 0. The minimum Gasteiger partial charge on any atom is -0.506 e. The van der Waals surface area contributed by atoms with Crippen LogP contribution in [0.15, 0.2) is 12.3 Å². The number of aromatic nitrogens is 1. The maximum atomic E-state index is 13.3. The number of pyridine rings is 1. The van der Waals surface area contributed by atoms with Gasteiger partial charge in [-0.05, 0) is 13.8 Å². The Labute approximate surface area is 75.0 Å². The summed E-state index contributed by atoms with van der Waals surface area (Å²) in [6.45, 7) is 2.72. The van der Waals surface area contributed by atoms with E-state index >= 15 is 0 Å². The molecule has 0 aliphatic rings. The van der Waals surface area contributed by atoms with Crippen molar-refractivity contribution in [3.05, 3.63) is 23.0 Å². The lowest BCUT2D eigenvalue weighted by Gasteiger charge is -2.14. The van der Waals surface area contributed by atoms with Crippen molar-refractivity contribution in [2.75, 3.05) is 0 Å². The van der Waals surface area contributed by atoms with E-state index in [1.54, 1.807) is 0 Å². The predicted molar refractivity (Wildman–Crippen MR) is 45.0 cm³/mol. The van der Waals surface area contributed by atoms with Gasteiger partial charge in [0.15, 0.2) is 0 Å². The van der Waals surface area contributed by atoms with E-state index < -0.39 is 5.67 Å². The molecule has 12 heavy (non-hydrogen) atoms. The number of hydrogen-bond donors (Lipinski definition) is 1. The Hall–Kier alpha value is -0.830. The summed E-state index contributed by atoms with van der Waals surface area (Å²) in [5.41, 5.74) is -1.44. The molecule has 0 saturated heterocycles. The van der Waals surface area contributed by atoms with Crippen LogP contribution in [-0.4, -0.2) is 10.1 Å². The summed E-state index contributed by atoms with van der Waals surface area (Å²) in [4.78, 5) is 3.69. The molecule has 0 spiro atoms. The van der Waals surface area contributed by atoms with E-state index in [-0.39, 0.29) is 16.5 Å². The largest absolute Gasteiger partial charge is 0.506 e. The van der Waals surface area contributed by atoms with E-state index in [1.165, 1.54) is 26.1 Å². The first kappa shape index (κ1) is 9.26. The first-order valence-electron chi connectivity index (χ1n) is 3.45. The number of hydrogen-bond acceptors (Lipinski definition) is 2. The Morgan fingerprint density at radius 2 is 2.17 bits per heavy atom. The van der Waals surface area contributed by atoms with Gasteiger partial charge >= 0.3 is 0 Å². The zero-order valence-electron chi connectivity index (χ0n) is 6.81. The molecule has 0 unspecified atom stereocenters. The number of rotatable bonds is 1. The van der Waals surface area contributed by atoms with Crippen LogP contribution in [0, 0.1) is 0 Å². The van der Waals surface area contributed by atoms with Gasteiger partial charge in [0, 0.05) is 6.07 Å². The van der Waals surface area contributed by atoms with Crippen LogP contribution >= 0.6 is 11.6 Å². The standard InChI is InChI=1S/C8H9ClFNO/c1-8(2,10)7-6(9)3-5(12)4-11-7/h3-4,12H,1-2H3. The van der Waals surface area contributed by atoms with Crippen molar-refractivity contribution in [3.63, 3.8) is 0 Å². The molecular weight excluding hydrogens is 181 g/mol. The van der Waals surface area contributed by atoms with Crippen molar-refractivity contribution in [2.45, 2.75) is 19.5 Å². The van der Waals surface area contributed by atoms with E-state index in [9.17, 15) is 4.39 Å². The van der Waals surface area contributed by atoms with Gasteiger partial charge in [-0.1, -0.05) is 11.6 Å². The smallest absolute Gasteiger partial charge is 0.148 e. The maximum absolute atomic E-state index is 13.3. The van der Waals surface area contributed by atoms with E-state index in [1.807, 2.05) is 0 Å². The number of aromatic hydroxyl groups is 1. The second kappa shape index (κ2) is 2.90. The Balaban J connectivity index is 3.19. The second-order valence-electron chi connectivity index (χ2n) is 3.00. The van der Waals surface area contributed by atoms with Crippen LogP contribution in [0.3, 0.4) is 0 Å². The van der Waals surface area contributed by atoms with Gasteiger partial charge in [-0.15, -0.1) is 0 Å². The lowest BCUT2D eigenvalue weighted by Crippen LogP contribution is -2.11. The van der Waals surface area contributed by atoms with Crippen molar-refractivity contribution in [2.24, 2.45) is 0 Å². The molecule has 0 radical (unpaired) electrons. The normalized spacial score (nSPS) is 11.7. The van der Waals surface area contributed by atoms with E-state index in [2.05, 4.69) is 4.98 Å². The Bertz CT molecular complexity index is 296. The molecule has 1 aromatic rings. The van der Waals surface area contributed by atoms with E-state index in [0.717, 1.165) is 0 Å². The van der Waals surface area contributed by atoms with Gasteiger partial charge in [-0.2, -0.15) is 0 Å². The average molecular weight is 190 g/mol. The molecule has 0 fully saturated rings. The minimum absolute atomic E-state index is 0.0620. The van der Waals surface area contributed by atoms with Crippen LogP contribution in [0.1, 0.15) is 19.5 Å². The van der Waals surface area contributed by atoms with Crippen molar-refractivity contribution < 1.29 is 9.50 Å². The number of alkyl halides is 1. The first-order chi connectivity index (χ1) is 5.41. The lowest BCUT2D eigenvalue weighted by molar-refractivity contribution is 0.214.